The van der Waals surface area contributed by atoms with E-state index in [1.54, 1.807) is 0 Å². The molecule has 0 radical (unpaired) electrons. The Bertz CT molecular complexity index is 323. The minimum absolute atomic E-state index is 0.323. The first kappa shape index (κ1) is 13.1. The molecule has 0 aliphatic carbocycles. The van der Waals surface area contributed by atoms with Crippen LogP contribution in [0, 0.1) is 0 Å². The fourth-order valence-corrected chi connectivity index (χ4v) is 1.37. The van der Waals surface area contributed by atoms with Crippen molar-refractivity contribution in [3.63, 3.8) is 0 Å². The molecule has 1 heterocycles. The summed E-state index contributed by atoms with van der Waals surface area (Å²) in [4.78, 5) is 4.35. The van der Waals surface area contributed by atoms with E-state index in [2.05, 4.69) is 22.4 Å². The van der Waals surface area contributed by atoms with Crippen molar-refractivity contribution in [1.82, 2.24) is 15.5 Å². The Kier molecular flexibility index (Phi) is 4.44. The third-order valence-corrected chi connectivity index (χ3v) is 2.49. The van der Waals surface area contributed by atoms with Crippen LogP contribution in [0.5, 0.6) is 0 Å². The van der Waals surface area contributed by atoms with Crippen molar-refractivity contribution in [2.24, 2.45) is 0 Å². The molecule has 1 N–H and O–H groups in total. The van der Waals surface area contributed by atoms with E-state index in [1.807, 2.05) is 27.8 Å². The van der Waals surface area contributed by atoms with Crippen molar-refractivity contribution in [2.45, 2.75) is 45.8 Å². The Morgan fingerprint density at radius 3 is 2.75 bits per heavy atom. The molecule has 0 saturated heterocycles. The van der Waals surface area contributed by atoms with Gasteiger partial charge in [0.25, 0.3) is 0 Å². The van der Waals surface area contributed by atoms with E-state index in [0.717, 1.165) is 6.42 Å². The molecular weight excluding hydrogens is 206 g/mol. The molecule has 5 nitrogen and oxygen atoms in total. The number of rotatable bonds is 6. The summed E-state index contributed by atoms with van der Waals surface area (Å²) in [5.41, 5.74) is -0.487. The number of hydrogen-bond donors (Lipinski definition) is 1. The van der Waals surface area contributed by atoms with Crippen molar-refractivity contribution < 1.29 is 9.26 Å². The molecule has 0 saturated carbocycles. The molecule has 1 aromatic heterocycles. The number of aromatic nitrogens is 2. The molecule has 0 aromatic carbocycles. The van der Waals surface area contributed by atoms with Crippen molar-refractivity contribution in [1.29, 1.82) is 0 Å². The third kappa shape index (κ3) is 3.28. The zero-order valence-corrected chi connectivity index (χ0v) is 10.7. The molecule has 0 spiro atoms. The Morgan fingerprint density at radius 1 is 1.50 bits per heavy atom. The number of ether oxygens (including phenoxy) is 1. The van der Waals surface area contributed by atoms with Crippen LogP contribution in [0.1, 0.15) is 39.4 Å². The van der Waals surface area contributed by atoms with Crippen LogP contribution in [0.3, 0.4) is 0 Å². The summed E-state index contributed by atoms with van der Waals surface area (Å²) >= 11 is 0. The van der Waals surface area contributed by atoms with Crippen molar-refractivity contribution in [2.75, 3.05) is 13.7 Å². The fourth-order valence-electron chi connectivity index (χ4n) is 1.37. The van der Waals surface area contributed by atoms with Gasteiger partial charge in [0.1, 0.15) is 5.60 Å². The molecule has 0 amide bonds. The Morgan fingerprint density at radius 2 is 2.19 bits per heavy atom. The summed E-state index contributed by atoms with van der Waals surface area (Å²) in [7, 11) is 1.91. The van der Waals surface area contributed by atoms with E-state index in [9.17, 15) is 0 Å². The second kappa shape index (κ2) is 5.41. The standard InChI is InChI=1S/C11H21N3O2/c1-6-15-11(3,4)10-13-9(16-14-10)7-8(2)12-5/h8,12H,6-7H2,1-5H3. The maximum atomic E-state index is 5.56. The molecule has 92 valence electrons. The molecule has 16 heavy (non-hydrogen) atoms. The maximum absolute atomic E-state index is 5.56. The SMILES string of the molecule is CCOC(C)(C)c1noc(CC(C)NC)n1. The van der Waals surface area contributed by atoms with Crippen LogP contribution < -0.4 is 5.32 Å². The van der Waals surface area contributed by atoms with Crippen molar-refractivity contribution >= 4 is 0 Å². The van der Waals surface area contributed by atoms with Gasteiger partial charge in [0.15, 0.2) is 0 Å². The average molecular weight is 227 g/mol. The van der Waals surface area contributed by atoms with Crippen LogP contribution in [0.4, 0.5) is 0 Å². The smallest absolute Gasteiger partial charge is 0.228 e. The van der Waals surface area contributed by atoms with E-state index in [-0.39, 0.29) is 0 Å². The summed E-state index contributed by atoms with van der Waals surface area (Å²) in [6.45, 7) is 8.52. The Balaban J connectivity index is 2.70. The molecule has 1 unspecified atom stereocenters. The monoisotopic (exact) mass is 227 g/mol. The molecule has 0 fully saturated rings. The zero-order chi connectivity index (χ0) is 12.2. The highest BCUT2D eigenvalue weighted by Gasteiger charge is 2.27. The molecule has 5 heteroatoms. The number of likely N-dealkylation sites (N-methyl/N-ethyl adjacent to an activating group) is 1. The van der Waals surface area contributed by atoms with Gasteiger partial charge in [-0.25, -0.2) is 0 Å². The molecule has 1 aromatic rings. The van der Waals surface area contributed by atoms with Gasteiger partial charge in [-0.2, -0.15) is 4.98 Å². The molecule has 1 rings (SSSR count). The maximum Gasteiger partial charge on any atom is 0.228 e. The number of hydrogen-bond acceptors (Lipinski definition) is 5. The van der Waals surface area contributed by atoms with Gasteiger partial charge in [-0.15, -0.1) is 0 Å². The van der Waals surface area contributed by atoms with Gasteiger partial charge < -0.3 is 14.6 Å². The predicted octanol–water partition coefficient (Wildman–Crippen LogP) is 1.49. The van der Waals surface area contributed by atoms with Crippen LogP contribution in [0.15, 0.2) is 4.52 Å². The van der Waals surface area contributed by atoms with E-state index in [0.29, 0.717) is 24.4 Å². The van der Waals surface area contributed by atoms with Gasteiger partial charge in [0.2, 0.25) is 11.7 Å². The summed E-state index contributed by atoms with van der Waals surface area (Å²) in [5.74, 6) is 1.25. The highest BCUT2D eigenvalue weighted by Crippen LogP contribution is 2.21. The largest absolute Gasteiger partial charge is 0.368 e. The van der Waals surface area contributed by atoms with Crippen molar-refractivity contribution in [3.05, 3.63) is 11.7 Å². The lowest BCUT2D eigenvalue weighted by Gasteiger charge is -2.19. The fraction of sp³-hybridized carbons (Fsp3) is 0.818. The quantitative estimate of drug-likeness (QED) is 0.798. The predicted molar refractivity (Wildman–Crippen MR) is 61.2 cm³/mol. The number of nitrogens with zero attached hydrogens (tertiary/aromatic N) is 2. The molecule has 0 aliphatic rings. The summed E-state index contributed by atoms with van der Waals surface area (Å²) in [6.07, 6.45) is 0.728. The first-order valence-electron chi connectivity index (χ1n) is 5.64. The van der Waals surface area contributed by atoms with Gasteiger partial charge >= 0.3 is 0 Å². The highest BCUT2D eigenvalue weighted by atomic mass is 16.5. The van der Waals surface area contributed by atoms with E-state index >= 15 is 0 Å². The van der Waals surface area contributed by atoms with Crippen LogP contribution >= 0.6 is 0 Å². The molecule has 0 aliphatic heterocycles. The summed E-state index contributed by atoms with van der Waals surface area (Å²) < 4.78 is 10.7. The first-order chi connectivity index (χ1) is 7.49. The van der Waals surface area contributed by atoms with Gasteiger partial charge in [-0.1, -0.05) is 5.16 Å². The molecule has 0 bridgehead atoms. The lowest BCUT2D eigenvalue weighted by atomic mass is 10.1. The van der Waals surface area contributed by atoms with E-state index < -0.39 is 5.60 Å². The van der Waals surface area contributed by atoms with Crippen molar-refractivity contribution in [3.8, 4) is 0 Å². The van der Waals surface area contributed by atoms with Crippen LogP contribution in [0.25, 0.3) is 0 Å². The first-order valence-corrected chi connectivity index (χ1v) is 5.64. The lowest BCUT2D eigenvalue weighted by molar-refractivity contribution is -0.0221. The Labute approximate surface area is 96.6 Å². The van der Waals surface area contributed by atoms with Gasteiger partial charge in [-0.05, 0) is 34.7 Å². The number of nitrogens with one attached hydrogen (secondary N) is 1. The van der Waals surface area contributed by atoms with E-state index in [4.69, 9.17) is 9.26 Å². The minimum atomic E-state index is -0.487. The highest BCUT2D eigenvalue weighted by molar-refractivity contribution is 4.98. The zero-order valence-electron chi connectivity index (χ0n) is 10.7. The topological polar surface area (TPSA) is 60.2 Å². The third-order valence-electron chi connectivity index (χ3n) is 2.49. The van der Waals surface area contributed by atoms with Gasteiger partial charge in [0.05, 0.1) is 0 Å². The average Bonchev–Trinajstić information content (AvgIpc) is 2.66. The molecular formula is C11H21N3O2. The lowest BCUT2D eigenvalue weighted by Crippen LogP contribution is -2.25. The van der Waals surface area contributed by atoms with Crippen LogP contribution in [-0.4, -0.2) is 29.8 Å². The van der Waals surface area contributed by atoms with Crippen LogP contribution in [-0.2, 0) is 16.8 Å². The minimum Gasteiger partial charge on any atom is -0.368 e. The normalized spacial score (nSPS) is 14.1. The molecule has 1 atom stereocenters. The van der Waals surface area contributed by atoms with Gasteiger partial charge in [-0.3, -0.25) is 0 Å². The second-order valence-electron chi connectivity index (χ2n) is 4.35. The summed E-state index contributed by atoms with van der Waals surface area (Å²) in [5, 5.41) is 7.08. The second-order valence-corrected chi connectivity index (χ2v) is 4.35. The summed E-state index contributed by atoms with van der Waals surface area (Å²) in [6, 6.07) is 0.323. The van der Waals surface area contributed by atoms with Crippen LogP contribution in [0.2, 0.25) is 0 Å². The Hall–Kier alpha value is -0.940. The van der Waals surface area contributed by atoms with Gasteiger partial charge in [0, 0.05) is 19.1 Å². The van der Waals surface area contributed by atoms with E-state index in [1.165, 1.54) is 0 Å².